The topological polar surface area (TPSA) is 38.3 Å². The van der Waals surface area contributed by atoms with E-state index in [1.807, 2.05) is 22.9 Å². The lowest BCUT2D eigenvalue weighted by Crippen LogP contribution is -2.31. The Kier molecular flexibility index (Phi) is 3.96. The zero-order valence-corrected chi connectivity index (χ0v) is 12.1. The molecule has 0 radical (unpaired) electrons. The lowest BCUT2D eigenvalue weighted by molar-refractivity contribution is 0.0861. The number of nitrogens with one attached hydrogen (secondary N) is 1. The van der Waals surface area contributed by atoms with Crippen LogP contribution >= 0.6 is 22.7 Å². The van der Waals surface area contributed by atoms with Gasteiger partial charge in [-0.25, -0.2) is 0 Å². The molecule has 0 aromatic carbocycles. The van der Waals surface area contributed by atoms with Crippen molar-refractivity contribution in [1.82, 2.24) is 5.32 Å². The van der Waals surface area contributed by atoms with Crippen molar-refractivity contribution < 1.29 is 9.53 Å². The fourth-order valence-electron chi connectivity index (χ4n) is 2.13. The summed E-state index contributed by atoms with van der Waals surface area (Å²) in [7, 11) is 0. The summed E-state index contributed by atoms with van der Waals surface area (Å²) in [5.74, 6) is 0.00306. The molecular formula is C14H15NO2S2. The second kappa shape index (κ2) is 5.86. The monoisotopic (exact) mass is 293 g/mol. The van der Waals surface area contributed by atoms with E-state index in [0.717, 1.165) is 29.9 Å². The van der Waals surface area contributed by atoms with Gasteiger partial charge in [0, 0.05) is 29.0 Å². The first-order valence-corrected chi connectivity index (χ1v) is 8.11. The highest BCUT2D eigenvalue weighted by Crippen LogP contribution is 2.29. The number of hydrogen-bond acceptors (Lipinski definition) is 4. The number of ether oxygens (including phenoxy) is 1. The van der Waals surface area contributed by atoms with Crippen LogP contribution in [0.5, 0.6) is 0 Å². The summed E-state index contributed by atoms with van der Waals surface area (Å²) in [6, 6.07) is 6.05. The highest BCUT2D eigenvalue weighted by Gasteiger charge is 2.17. The van der Waals surface area contributed by atoms with Crippen molar-refractivity contribution >= 4 is 28.6 Å². The molecule has 0 unspecified atom stereocenters. The van der Waals surface area contributed by atoms with Gasteiger partial charge in [0.1, 0.15) is 0 Å². The third kappa shape index (κ3) is 3.05. The molecule has 1 fully saturated rings. The molecule has 1 aliphatic rings. The van der Waals surface area contributed by atoms with Crippen molar-refractivity contribution in [3.8, 4) is 10.4 Å². The van der Waals surface area contributed by atoms with Crippen LogP contribution in [0.25, 0.3) is 10.4 Å². The van der Waals surface area contributed by atoms with Crippen molar-refractivity contribution in [3.05, 3.63) is 33.8 Å². The standard InChI is InChI=1S/C14H15NO2S2/c16-14(15-8-11-3-1-5-17-11)13-7-10(9-19-13)12-4-2-6-18-12/h2,4,6-7,9,11H,1,3,5,8H2,(H,15,16)/t11-/m0/s1. The van der Waals surface area contributed by atoms with E-state index in [4.69, 9.17) is 4.74 Å². The maximum atomic E-state index is 12.0. The molecule has 1 atom stereocenters. The Bertz CT molecular complexity index is 542. The maximum absolute atomic E-state index is 12.0. The Hall–Kier alpha value is -1.17. The van der Waals surface area contributed by atoms with Crippen LogP contribution in [0, 0.1) is 0 Å². The van der Waals surface area contributed by atoms with Crippen LogP contribution in [0.4, 0.5) is 0 Å². The smallest absolute Gasteiger partial charge is 0.261 e. The van der Waals surface area contributed by atoms with Gasteiger partial charge in [-0.3, -0.25) is 4.79 Å². The van der Waals surface area contributed by atoms with Crippen LogP contribution in [-0.4, -0.2) is 25.2 Å². The number of thiophene rings is 2. The van der Waals surface area contributed by atoms with Crippen LogP contribution < -0.4 is 5.32 Å². The largest absolute Gasteiger partial charge is 0.376 e. The third-order valence-electron chi connectivity index (χ3n) is 3.14. The zero-order chi connectivity index (χ0) is 13.1. The molecule has 1 N–H and O–H groups in total. The highest BCUT2D eigenvalue weighted by atomic mass is 32.1. The molecule has 0 aliphatic carbocycles. The molecule has 2 aromatic heterocycles. The van der Waals surface area contributed by atoms with Gasteiger partial charge in [-0.2, -0.15) is 0 Å². The summed E-state index contributed by atoms with van der Waals surface area (Å²) in [5.41, 5.74) is 1.13. The Labute approximate surface area is 120 Å². The van der Waals surface area contributed by atoms with Crippen molar-refractivity contribution in [2.75, 3.05) is 13.2 Å². The van der Waals surface area contributed by atoms with Gasteiger partial charge in [-0.1, -0.05) is 6.07 Å². The molecule has 3 nitrogen and oxygen atoms in total. The predicted octanol–water partition coefficient (Wildman–Crippen LogP) is 3.39. The molecule has 5 heteroatoms. The van der Waals surface area contributed by atoms with E-state index >= 15 is 0 Å². The molecule has 1 saturated heterocycles. The number of rotatable bonds is 4. The molecule has 3 rings (SSSR count). The molecule has 100 valence electrons. The van der Waals surface area contributed by atoms with Crippen molar-refractivity contribution in [2.45, 2.75) is 18.9 Å². The van der Waals surface area contributed by atoms with Gasteiger partial charge < -0.3 is 10.1 Å². The van der Waals surface area contributed by atoms with Crippen molar-refractivity contribution in [3.63, 3.8) is 0 Å². The zero-order valence-electron chi connectivity index (χ0n) is 10.4. The Morgan fingerprint density at radius 3 is 3.16 bits per heavy atom. The Balaban J connectivity index is 1.60. The Morgan fingerprint density at radius 1 is 1.47 bits per heavy atom. The molecule has 0 saturated carbocycles. The molecule has 1 aliphatic heterocycles. The maximum Gasteiger partial charge on any atom is 0.261 e. The molecule has 0 bridgehead atoms. The fraction of sp³-hybridized carbons (Fsp3) is 0.357. The van der Waals surface area contributed by atoms with Crippen molar-refractivity contribution in [2.24, 2.45) is 0 Å². The molecule has 2 aromatic rings. The van der Waals surface area contributed by atoms with Crippen LogP contribution in [0.1, 0.15) is 22.5 Å². The van der Waals surface area contributed by atoms with Gasteiger partial charge >= 0.3 is 0 Å². The second-order valence-electron chi connectivity index (χ2n) is 4.52. The second-order valence-corrected chi connectivity index (χ2v) is 6.38. The van der Waals surface area contributed by atoms with Crippen molar-refractivity contribution in [1.29, 1.82) is 0 Å². The van der Waals surface area contributed by atoms with Gasteiger partial charge in [-0.05, 0) is 30.4 Å². The van der Waals surface area contributed by atoms with E-state index in [1.165, 1.54) is 16.2 Å². The SMILES string of the molecule is O=C(NC[C@@H]1CCCO1)c1cc(-c2cccs2)cs1. The van der Waals surface area contributed by atoms with Gasteiger partial charge in [-0.15, -0.1) is 22.7 Å². The van der Waals surface area contributed by atoms with Gasteiger partial charge in [0.2, 0.25) is 0 Å². The van der Waals surface area contributed by atoms with Crippen LogP contribution in [0.2, 0.25) is 0 Å². The lowest BCUT2D eigenvalue weighted by Gasteiger charge is -2.09. The Morgan fingerprint density at radius 2 is 2.42 bits per heavy atom. The van der Waals surface area contributed by atoms with E-state index in [-0.39, 0.29) is 12.0 Å². The molecule has 0 spiro atoms. The quantitative estimate of drug-likeness (QED) is 0.938. The van der Waals surface area contributed by atoms with Crippen LogP contribution in [0.3, 0.4) is 0 Å². The van der Waals surface area contributed by atoms with E-state index in [2.05, 4.69) is 11.4 Å². The molecule has 19 heavy (non-hydrogen) atoms. The minimum atomic E-state index is 0.00306. The minimum absolute atomic E-state index is 0.00306. The summed E-state index contributed by atoms with van der Waals surface area (Å²) in [4.78, 5) is 14.0. The molecule has 3 heterocycles. The summed E-state index contributed by atoms with van der Waals surface area (Å²) in [6.07, 6.45) is 2.34. The molecular weight excluding hydrogens is 278 g/mol. The third-order valence-corrected chi connectivity index (χ3v) is 4.99. The fourth-order valence-corrected chi connectivity index (χ4v) is 3.74. The summed E-state index contributed by atoms with van der Waals surface area (Å²) in [6.45, 7) is 1.44. The predicted molar refractivity (Wildman–Crippen MR) is 78.9 cm³/mol. The number of hydrogen-bond donors (Lipinski definition) is 1. The van der Waals surface area contributed by atoms with E-state index in [9.17, 15) is 4.79 Å². The average molecular weight is 293 g/mol. The number of carbonyl (C=O) groups excluding carboxylic acids is 1. The highest BCUT2D eigenvalue weighted by molar-refractivity contribution is 7.15. The van der Waals surface area contributed by atoms with Crippen LogP contribution in [-0.2, 0) is 4.74 Å². The first-order chi connectivity index (χ1) is 9.33. The minimum Gasteiger partial charge on any atom is -0.376 e. The number of carbonyl (C=O) groups is 1. The van der Waals surface area contributed by atoms with Gasteiger partial charge in [0.25, 0.3) is 5.91 Å². The summed E-state index contributed by atoms with van der Waals surface area (Å²) >= 11 is 3.18. The van der Waals surface area contributed by atoms with E-state index in [1.54, 1.807) is 11.3 Å². The number of amides is 1. The molecule has 1 amide bonds. The van der Waals surface area contributed by atoms with Gasteiger partial charge in [0.15, 0.2) is 0 Å². The van der Waals surface area contributed by atoms with Gasteiger partial charge in [0.05, 0.1) is 11.0 Å². The first-order valence-electron chi connectivity index (χ1n) is 6.35. The summed E-state index contributed by atoms with van der Waals surface area (Å²) < 4.78 is 5.49. The van der Waals surface area contributed by atoms with Crippen LogP contribution in [0.15, 0.2) is 29.0 Å². The first kappa shape index (κ1) is 12.8. The van der Waals surface area contributed by atoms with E-state index < -0.39 is 0 Å². The average Bonchev–Trinajstić information content (AvgIpc) is 3.14. The van der Waals surface area contributed by atoms with E-state index in [0.29, 0.717) is 6.54 Å². The lowest BCUT2D eigenvalue weighted by atomic mass is 10.2. The normalized spacial score (nSPS) is 18.6. The summed E-state index contributed by atoms with van der Waals surface area (Å²) in [5, 5.41) is 7.03.